The Kier molecular flexibility index (Phi) is 2.17. The zero-order valence-corrected chi connectivity index (χ0v) is 9.43. The molecule has 0 radical (unpaired) electrons. The average molecular weight is 216 g/mol. The molecule has 0 aliphatic heterocycles. The van der Waals surface area contributed by atoms with Gasteiger partial charge in [-0.1, -0.05) is 6.42 Å². The van der Waals surface area contributed by atoms with E-state index in [0.29, 0.717) is 5.92 Å². The number of hydrogen-bond acceptors (Lipinski definition) is 3. The molecule has 2 unspecified atom stereocenters. The molecule has 2 heterocycles. The molecule has 1 aliphatic rings. The molecule has 4 heteroatoms. The van der Waals surface area contributed by atoms with Crippen molar-refractivity contribution in [2.75, 3.05) is 0 Å². The van der Waals surface area contributed by atoms with Gasteiger partial charge in [0.25, 0.3) is 0 Å². The van der Waals surface area contributed by atoms with E-state index in [4.69, 9.17) is 5.73 Å². The molecule has 0 amide bonds. The van der Waals surface area contributed by atoms with Crippen LogP contribution in [-0.4, -0.2) is 20.6 Å². The minimum Gasteiger partial charge on any atom is -0.327 e. The fourth-order valence-electron chi connectivity index (χ4n) is 2.57. The van der Waals surface area contributed by atoms with Gasteiger partial charge in [0.1, 0.15) is 5.82 Å². The van der Waals surface area contributed by atoms with Crippen LogP contribution in [0.5, 0.6) is 0 Å². The summed E-state index contributed by atoms with van der Waals surface area (Å²) < 4.78 is 2.07. The van der Waals surface area contributed by atoms with E-state index >= 15 is 0 Å². The largest absolute Gasteiger partial charge is 0.327 e. The fraction of sp³-hybridized carbons (Fsp3) is 0.500. The highest BCUT2D eigenvalue weighted by Crippen LogP contribution is 2.32. The van der Waals surface area contributed by atoms with Gasteiger partial charge in [-0.15, -0.1) is 10.2 Å². The Morgan fingerprint density at radius 3 is 3.00 bits per heavy atom. The third kappa shape index (κ3) is 1.41. The summed E-state index contributed by atoms with van der Waals surface area (Å²) in [6.07, 6.45) is 5.49. The predicted molar refractivity (Wildman–Crippen MR) is 62.3 cm³/mol. The van der Waals surface area contributed by atoms with Crippen molar-refractivity contribution in [1.29, 1.82) is 0 Å². The summed E-state index contributed by atoms with van der Waals surface area (Å²) in [5, 5.41) is 8.52. The second-order valence-corrected chi connectivity index (χ2v) is 4.69. The Hall–Kier alpha value is -1.42. The van der Waals surface area contributed by atoms with Gasteiger partial charge >= 0.3 is 0 Å². The topological polar surface area (TPSA) is 56.2 Å². The minimum absolute atomic E-state index is 0.244. The maximum absolute atomic E-state index is 6.11. The maximum atomic E-state index is 6.11. The first-order valence-electron chi connectivity index (χ1n) is 5.82. The Balaban J connectivity index is 2.10. The number of nitrogens with zero attached hydrogens (tertiary/aromatic N) is 3. The van der Waals surface area contributed by atoms with Crippen molar-refractivity contribution in [3.05, 3.63) is 29.7 Å². The van der Waals surface area contributed by atoms with E-state index < -0.39 is 0 Å². The number of aromatic nitrogens is 3. The van der Waals surface area contributed by atoms with E-state index in [1.165, 1.54) is 12.0 Å². The molecule has 0 saturated heterocycles. The number of nitrogens with two attached hydrogens (primary N) is 1. The molecule has 0 spiro atoms. The average Bonchev–Trinajstić information content (AvgIpc) is 2.83. The van der Waals surface area contributed by atoms with Gasteiger partial charge in [-0.25, -0.2) is 0 Å². The Morgan fingerprint density at radius 2 is 2.25 bits per heavy atom. The summed E-state index contributed by atoms with van der Waals surface area (Å²) in [6, 6.07) is 4.38. The van der Waals surface area contributed by atoms with Crippen molar-refractivity contribution in [2.45, 2.75) is 38.1 Å². The molecule has 2 aromatic heterocycles. The van der Waals surface area contributed by atoms with Crippen molar-refractivity contribution in [3.63, 3.8) is 0 Å². The molecule has 1 aliphatic carbocycles. The van der Waals surface area contributed by atoms with Crippen LogP contribution in [0.1, 0.15) is 36.6 Å². The standard InChI is InChI=1S/C12H16N4/c1-8-5-6-16-11(7-8)14-15-12(16)9-3-2-4-10(9)13/h5-7,9-10H,2-4,13H2,1H3. The number of aryl methyl sites for hydroxylation is 1. The van der Waals surface area contributed by atoms with Gasteiger partial charge in [0, 0.05) is 18.2 Å². The summed E-state index contributed by atoms with van der Waals surface area (Å²) in [5.74, 6) is 1.40. The minimum atomic E-state index is 0.244. The SMILES string of the molecule is Cc1ccn2c(C3CCCC3N)nnc2c1. The number of pyridine rings is 1. The molecule has 4 nitrogen and oxygen atoms in total. The van der Waals surface area contributed by atoms with Crippen LogP contribution >= 0.6 is 0 Å². The van der Waals surface area contributed by atoms with Gasteiger partial charge in [-0.05, 0) is 37.5 Å². The van der Waals surface area contributed by atoms with Crippen LogP contribution in [0.4, 0.5) is 0 Å². The highest BCUT2D eigenvalue weighted by atomic mass is 15.2. The molecule has 3 rings (SSSR count). The van der Waals surface area contributed by atoms with Gasteiger partial charge in [0.05, 0.1) is 0 Å². The lowest BCUT2D eigenvalue weighted by Gasteiger charge is -2.12. The van der Waals surface area contributed by atoms with E-state index in [1.54, 1.807) is 0 Å². The van der Waals surface area contributed by atoms with Gasteiger partial charge in [0.2, 0.25) is 0 Å². The molecule has 0 aromatic carbocycles. The smallest absolute Gasteiger partial charge is 0.161 e. The van der Waals surface area contributed by atoms with Crippen molar-refractivity contribution < 1.29 is 0 Å². The van der Waals surface area contributed by atoms with Crippen LogP contribution < -0.4 is 5.73 Å². The predicted octanol–water partition coefficient (Wildman–Crippen LogP) is 1.63. The van der Waals surface area contributed by atoms with Gasteiger partial charge in [0.15, 0.2) is 5.65 Å². The summed E-state index contributed by atoms with van der Waals surface area (Å²) in [6.45, 7) is 2.07. The summed E-state index contributed by atoms with van der Waals surface area (Å²) in [5.41, 5.74) is 8.25. The quantitative estimate of drug-likeness (QED) is 0.788. The second kappa shape index (κ2) is 3.56. The molecule has 2 aromatic rings. The summed E-state index contributed by atoms with van der Waals surface area (Å²) >= 11 is 0. The highest BCUT2D eigenvalue weighted by Gasteiger charge is 2.29. The van der Waals surface area contributed by atoms with Crippen molar-refractivity contribution in [2.24, 2.45) is 5.73 Å². The molecule has 1 fully saturated rings. The lowest BCUT2D eigenvalue weighted by Crippen LogP contribution is -2.24. The normalized spacial score (nSPS) is 25.4. The van der Waals surface area contributed by atoms with Crippen LogP contribution in [0.2, 0.25) is 0 Å². The van der Waals surface area contributed by atoms with Crippen molar-refractivity contribution in [3.8, 4) is 0 Å². The van der Waals surface area contributed by atoms with E-state index in [9.17, 15) is 0 Å². The zero-order chi connectivity index (χ0) is 11.1. The van der Waals surface area contributed by atoms with E-state index in [2.05, 4.69) is 33.7 Å². The summed E-state index contributed by atoms with van der Waals surface area (Å²) in [4.78, 5) is 0. The molecule has 1 saturated carbocycles. The van der Waals surface area contributed by atoms with Crippen LogP contribution in [0, 0.1) is 6.92 Å². The molecule has 0 bridgehead atoms. The van der Waals surface area contributed by atoms with Crippen LogP contribution in [-0.2, 0) is 0 Å². The van der Waals surface area contributed by atoms with Crippen LogP contribution in [0.3, 0.4) is 0 Å². The van der Waals surface area contributed by atoms with E-state index in [0.717, 1.165) is 24.3 Å². The van der Waals surface area contributed by atoms with Gasteiger partial charge in [-0.3, -0.25) is 4.40 Å². The molecular formula is C12H16N4. The van der Waals surface area contributed by atoms with Gasteiger partial charge < -0.3 is 5.73 Å². The van der Waals surface area contributed by atoms with E-state index in [-0.39, 0.29) is 6.04 Å². The van der Waals surface area contributed by atoms with Crippen molar-refractivity contribution in [1.82, 2.24) is 14.6 Å². The lowest BCUT2D eigenvalue weighted by atomic mass is 10.0. The monoisotopic (exact) mass is 216 g/mol. The Labute approximate surface area is 94.5 Å². The number of rotatable bonds is 1. The first-order chi connectivity index (χ1) is 7.75. The molecule has 2 atom stereocenters. The summed E-state index contributed by atoms with van der Waals surface area (Å²) in [7, 11) is 0. The van der Waals surface area contributed by atoms with Crippen LogP contribution in [0.15, 0.2) is 18.3 Å². The molecule has 84 valence electrons. The molecule has 2 N–H and O–H groups in total. The number of hydrogen-bond donors (Lipinski definition) is 1. The van der Waals surface area contributed by atoms with Crippen molar-refractivity contribution >= 4 is 5.65 Å². The first-order valence-corrected chi connectivity index (χ1v) is 5.82. The number of fused-ring (bicyclic) bond motifs is 1. The Morgan fingerprint density at radius 1 is 1.38 bits per heavy atom. The third-order valence-electron chi connectivity index (χ3n) is 3.49. The van der Waals surface area contributed by atoms with Gasteiger partial charge in [-0.2, -0.15) is 0 Å². The molecule has 16 heavy (non-hydrogen) atoms. The maximum Gasteiger partial charge on any atom is 0.161 e. The Bertz CT molecular complexity index is 517. The fourth-order valence-corrected chi connectivity index (χ4v) is 2.57. The second-order valence-electron chi connectivity index (χ2n) is 4.69. The zero-order valence-electron chi connectivity index (χ0n) is 9.43. The lowest BCUT2D eigenvalue weighted by molar-refractivity contribution is 0.575. The highest BCUT2D eigenvalue weighted by molar-refractivity contribution is 5.41. The first kappa shape index (κ1) is 9.78. The molecular weight excluding hydrogens is 200 g/mol. The van der Waals surface area contributed by atoms with Crippen LogP contribution in [0.25, 0.3) is 5.65 Å². The third-order valence-corrected chi connectivity index (χ3v) is 3.49. The van der Waals surface area contributed by atoms with E-state index in [1.807, 2.05) is 6.20 Å².